The normalized spacial score (nSPS) is 15.6. The molecule has 1 aromatic heterocycles. The summed E-state index contributed by atoms with van der Waals surface area (Å²) in [6.07, 6.45) is 3.58. The zero-order valence-electron chi connectivity index (χ0n) is 16.4. The molecule has 154 valence electrons. The molecule has 2 heterocycles. The molecule has 0 bridgehead atoms. The summed E-state index contributed by atoms with van der Waals surface area (Å²) in [6, 6.07) is 14.0. The Kier molecular flexibility index (Phi) is 5.60. The first-order chi connectivity index (χ1) is 14.6. The highest BCUT2D eigenvalue weighted by Gasteiger charge is 2.22. The van der Waals surface area contributed by atoms with E-state index in [1.54, 1.807) is 31.2 Å². The molecule has 0 radical (unpaired) electrons. The first-order valence-electron chi connectivity index (χ1n) is 9.63. The molecule has 2 aromatic carbocycles. The monoisotopic (exact) mass is 406 g/mol. The maximum atomic E-state index is 12.3. The Balaban J connectivity index is 1.23. The topological polar surface area (TPSA) is 110 Å². The maximum Gasteiger partial charge on any atom is 0.319 e. The van der Waals surface area contributed by atoms with E-state index >= 15 is 0 Å². The average molecular weight is 406 g/mol. The van der Waals surface area contributed by atoms with E-state index in [0.717, 1.165) is 17.7 Å². The second-order valence-corrected chi connectivity index (χ2v) is 7.00. The molecule has 30 heavy (non-hydrogen) atoms. The van der Waals surface area contributed by atoms with Crippen LogP contribution in [-0.2, 0) is 11.2 Å². The van der Waals surface area contributed by atoms with Gasteiger partial charge in [0.25, 0.3) is 0 Å². The number of fused-ring (bicyclic) bond motifs is 1. The molecule has 3 amide bonds. The Morgan fingerprint density at radius 3 is 2.57 bits per heavy atom. The van der Waals surface area contributed by atoms with Crippen LogP contribution < -0.4 is 20.7 Å². The van der Waals surface area contributed by atoms with Crippen molar-refractivity contribution >= 4 is 23.3 Å². The van der Waals surface area contributed by atoms with Gasteiger partial charge in [0, 0.05) is 17.8 Å². The Labute approximate surface area is 173 Å². The Morgan fingerprint density at radius 2 is 1.87 bits per heavy atom. The molecule has 3 N–H and O–H groups in total. The van der Waals surface area contributed by atoms with Gasteiger partial charge in [0.15, 0.2) is 0 Å². The van der Waals surface area contributed by atoms with Gasteiger partial charge in [0.05, 0.1) is 6.54 Å². The maximum absolute atomic E-state index is 12.3. The van der Waals surface area contributed by atoms with Gasteiger partial charge in [0.2, 0.25) is 5.91 Å². The molecule has 9 nitrogen and oxygen atoms in total. The average Bonchev–Trinajstić information content (AvgIpc) is 3.43. The van der Waals surface area contributed by atoms with Crippen molar-refractivity contribution in [2.75, 3.05) is 17.2 Å². The van der Waals surface area contributed by atoms with Gasteiger partial charge in [-0.3, -0.25) is 4.79 Å². The number of anilines is 2. The summed E-state index contributed by atoms with van der Waals surface area (Å²) in [6.45, 7) is 2.14. The van der Waals surface area contributed by atoms with E-state index in [9.17, 15) is 9.59 Å². The van der Waals surface area contributed by atoms with Crippen LogP contribution in [0.4, 0.5) is 16.2 Å². The van der Waals surface area contributed by atoms with Gasteiger partial charge in [0.1, 0.15) is 30.5 Å². The summed E-state index contributed by atoms with van der Waals surface area (Å²) in [5.41, 5.74) is 2.39. The smallest absolute Gasteiger partial charge is 0.319 e. The number of nitrogens with one attached hydrogen (secondary N) is 3. The Morgan fingerprint density at radius 1 is 1.13 bits per heavy atom. The van der Waals surface area contributed by atoms with Crippen LogP contribution in [-0.4, -0.2) is 39.4 Å². The highest BCUT2D eigenvalue weighted by Crippen LogP contribution is 2.27. The summed E-state index contributed by atoms with van der Waals surface area (Å²) in [5.74, 6) is 0.664. The molecule has 2 atom stereocenters. The summed E-state index contributed by atoms with van der Waals surface area (Å²) in [4.78, 5) is 28.3. The van der Waals surface area contributed by atoms with Gasteiger partial charge in [-0.15, -0.1) is 0 Å². The number of hydrogen-bond acceptors (Lipinski definition) is 5. The summed E-state index contributed by atoms with van der Waals surface area (Å²) in [5, 5.41) is 12.4. The van der Waals surface area contributed by atoms with E-state index in [4.69, 9.17) is 4.74 Å². The highest BCUT2D eigenvalue weighted by atomic mass is 16.5. The third kappa shape index (κ3) is 4.57. The largest absolute Gasteiger partial charge is 0.488 e. The first-order valence-corrected chi connectivity index (χ1v) is 9.63. The second-order valence-electron chi connectivity index (χ2n) is 7.00. The van der Waals surface area contributed by atoms with Gasteiger partial charge in [-0.1, -0.05) is 18.2 Å². The van der Waals surface area contributed by atoms with E-state index in [0.29, 0.717) is 17.9 Å². The number of hydrogen-bond donors (Lipinski definition) is 3. The fourth-order valence-electron chi connectivity index (χ4n) is 3.17. The number of nitrogens with zero attached hydrogens (tertiary/aromatic N) is 3. The van der Waals surface area contributed by atoms with Crippen molar-refractivity contribution in [1.82, 2.24) is 20.1 Å². The molecule has 9 heteroatoms. The minimum atomic E-state index is -0.486. The Bertz CT molecular complexity index is 994. The lowest BCUT2D eigenvalue weighted by molar-refractivity contribution is -0.119. The lowest BCUT2D eigenvalue weighted by atomic mass is 10.1. The van der Waals surface area contributed by atoms with Crippen LogP contribution in [0, 0.1) is 0 Å². The van der Waals surface area contributed by atoms with Crippen LogP contribution in [0.2, 0.25) is 0 Å². The molecule has 1 aliphatic rings. The molecule has 2 unspecified atom stereocenters. The van der Waals surface area contributed by atoms with Crippen LogP contribution in [0.15, 0.2) is 61.2 Å². The van der Waals surface area contributed by atoms with Crippen molar-refractivity contribution < 1.29 is 14.3 Å². The molecular weight excluding hydrogens is 384 g/mol. The third-order valence-electron chi connectivity index (χ3n) is 4.83. The number of ether oxygens (including phenoxy) is 1. The van der Waals surface area contributed by atoms with Crippen molar-refractivity contribution in [3.63, 3.8) is 0 Å². The van der Waals surface area contributed by atoms with Crippen LogP contribution in [0.25, 0.3) is 0 Å². The van der Waals surface area contributed by atoms with Crippen molar-refractivity contribution in [2.24, 2.45) is 0 Å². The molecule has 0 aliphatic carbocycles. The third-order valence-corrected chi connectivity index (χ3v) is 4.83. The molecule has 3 aromatic rings. The fraction of sp³-hybridized carbons (Fsp3) is 0.238. The standard InChI is InChI=1S/C21H22N6O3/c1-14(27-13-22-12-24-27)20(28)25-16-6-8-17(9-7-16)26-21(29)23-11-18-10-15-4-2-3-5-19(15)30-18/h2-9,12-14,18H,10-11H2,1H3,(H,25,28)(H2,23,26,29). The molecule has 0 fully saturated rings. The minimum Gasteiger partial charge on any atom is -0.488 e. The van der Waals surface area contributed by atoms with Gasteiger partial charge < -0.3 is 20.7 Å². The van der Waals surface area contributed by atoms with E-state index in [2.05, 4.69) is 26.0 Å². The van der Waals surface area contributed by atoms with Gasteiger partial charge in [-0.05, 0) is 42.8 Å². The fourth-order valence-corrected chi connectivity index (χ4v) is 3.17. The summed E-state index contributed by atoms with van der Waals surface area (Å²) >= 11 is 0. The number of aromatic nitrogens is 3. The summed E-state index contributed by atoms with van der Waals surface area (Å²) in [7, 11) is 0. The summed E-state index contributed by atoms with van der Waals surface area (Å²) < 4.78 is 7.29. The number of carbonyl (C=O) groups excluding carboxylic acids is 2. The molecule has 1 aliphatic heterocycles. The number of rotatable bonds is 6. The van der Waals surface area contributed by atoms with Crippen LogP contribution in [0.5, 0.6) is 5.75 Å². The lowest BCUT2D eigenvalue weighted by Crippen LogP contribution is -2.37. The molecule has 0 spiro atoms. The van der Waals surface area contributed by atoms with Crippen LogP contribution in [0.1, 0.15) is 18.5 Å². The van der Waals surface area contributed by atoms with E-state index in [-0.39, 0.29) is 18.0 Å². The van der Waals surface area contributed by atoms with Crippen LogP contribution >= 0.6 is 0 Å². The number of carbonyl (C=O) groups is 2. The Hall–Kier alpha value is -3.88. The zero-order valence-corrected chi connectivity index (χ0v) is 16.4. The van der Waals surface area contributed by atoms with Crippen molar-refractivity contribution in [3.8, 4) is 5.75 Å². The van der Waals surface area contributed by atoms with Crippen molar-refractivity contribution in [1.29, 1.82) is 0 Å². The van der Waals surface area contributed by atoms with Crippen molar-refractivity contribution in [2.45, 2.75) is 25.5 Å². The van der Waals surface area contributed by atoms with Gasteiger partial charge in [-0.25, -0.2) is 14.5 Å². The molecule has 4 rings (SSSR count). The minimum absolute atomic E-state index is 0.0716. The number of urea groups is 1. The second kappa shape index (κ2) is 8.64. The first kappa shape index (κ1) is 19.4. The van der Waals surface area contributed by atoms with E-state index in [1.165, 1.54) is 17.3 Å². The van der Waals surface area contributed by atoms with E-state index in [1.807, 2.05) is 24.3 Å². The van der Waals surface area contributed by atoms with Crippen molar-refractivity contribution in [3.05, 3.63) is 66.7 Å². The predicted octanol–water partition coefficient (Wildman–Crippen LogP) is 2.60. The van der Waals surface area contributed by atoms with Crippen LogP contribution in [0.3, 0.4) is 0 Å². The van der Waals surface area contributed by atoms with Gasteiger partial charge >= 0.3 is 6.03 Å². The lowest BCUT2D eigenvalue weighted by Gasteiger charge is -2.14. The number of benzene rings is 2. The highest BCUT2D eigenvalue weighted by molar-refractivity contribution is 5.94. The number of amides is 3. The quantitative estimate of drug-likeness (QED) is 0.583. The SMILES string of the molecule is CC(C(=O)Nc1ccc(NC(=O)NCC2Cc3ccccc3O2)cc1)n1cncn1. The van der Waals surface area contributed by atoms with E-state index < -0.39 is 6.04 Å². The zero-order chi connectivity index (χ0) is 20.9. The van der Waals surface area contributed by atoms with Gasteiger partial charge in [-0.2, -0.15) is 5.10 Å². The molecular formula is C21H22N6O3. The number of para-hydroxylation sites is 1. The molecule has 0 saturated heterocycles. The molecule has 0 saturated carbocycles. The predicted molar refractivity (Wildman–Crippen MR) is 111 cm³/mol.